The van der Waals surface area contributed by atoms with Crippen LogP contribution in [-0.2, 0) is 16.1 Å². The molecule has 1 aliphatic heterocycles. The van der Waals surface area contributed by atoms with Crippen molar-refractivity contribution in [2.75, 3.05) is 19.6 Å². The summed E-state index contributed by atoms with van der Waals surface area (Å²) in [5.41, 5.74) is 7.24. The zero-order valence-corrected chi connectivity index (χ0v) is 10.5. The molecule has 5 heteroatoms. The van der Waals surface area contributed by atoms with E-state index in [0.717, 1.165) is 11.1 Å². The molecule has 0 unspecified atom stereocenters. The van der Waals surface area contributed by atoms with Gasteiger partial charge in [0, 0.05) is 12.1 Å². The maximum atomic E-state index is 11.3. The van der Waals surface area contributed by atoms with E-state index in [4.69, 9.17) is 5.73 Å². The van der Waals surface area contributed by atoms with Gasteiger partial charge < -0.3 is 5.73 Å². The Labute approximate surface area is 111 Å². The van der Waals surface area contributed by atoms with Gasteiger partial charge in [-0.15, -0.1) is 0 Å². The summed E-state index contributed by atoms with van der Waals surface area (Å²) in [4.78, 5) is 24.4. The van der Waals surface area contributed by atoms with Gasteiger partial charge in [-0.05, 0) is 11.6 Å². The highest BCUT2D eigenvalue weighted by molar-refractivity contribution is 5.99. The van der Waals surface area contributed by atoms with Crippen molar-refractivity contribution >= 4 is 11.8 Å². The van der Waals surface area contributed by atoms with E-state index in [9.17, 15) is 9.59 Å². The zero-order chi connectivity index (χ0) is 13.7. The highest BCUT2D eigenvalue weighted by Gasteiger charge is 2.22. The Kier molecular flexibility index (Phi) is 4.29. The summed E-state index contributed by atoms with van der Waals surface area (Å²) in [6, 6.07) is 7.66. The first-order valence-electron chi connectivity index (χ1n) is 6.01. The third kappa shape index (κ3) is 3.65. The molecule has 0 spiro atoms. The second-order valence-corrected chi connectivity index (χ2v) is 4.28. The predicted molar refractivity (Wildman–Crippen MR) is 70.8 cm³/mol. The maximum Gasteiger partial charge on any atom is 0.240 e. The average molecular weight is 257 g/mol. The topological polar surface area (TPSA) is 75.4 Å². The molecule has 0 atom stereocenters. The van der Waals surface area contributed by atoms with Gasteiger partial charge in [-0.3, -0.25) is 19.8 Å². The van der Waals surface area contributed by atoms with Crippen molar-refractivity contribution in [1.29, 1.82) is 0 Å². The summed E-state index contributed by atoms with van der Waals surface area (Å²) in [5, 5.41) is 2.28. The Bertz CT molecular complexity index is 541. The van der Waals surface area contributed by atoms with E-state index in [1.165, 1.54) is 0 Å². The second kappa shape index (κ2) is 6.14. The van der Waals surface area contributed by atoms with Crippen LogP contribution in [0.25, 0.3) is 0 Å². The van der Waals surface area contributed by atoms with Gasteiger partial charge in [0.2, 0.25) is 11.8 Å². The quantitative estimate of drug-likeness (QED) is 0.551. The molecule has 3 N–H and O–H groups in total. The summed E-state index contributed by atoms with van der Waals surface area (Å²) in [7, 11) is 0. The first-order valence-corrected chi connectivity index (χ1v) is 6.01. The van der Waals surface area contributed by atoms with Gasteiger partial charge in [0.25, 0.3) is 0 Å². The van der Waals surface area contributed by atoms with Crippen molar-refractivity contribution in [2.24, 2.45) is 5.73 Å². The molecule has 5 nitrogen and oxygen atoms in total. The van der Waals surface area contributed by atoms with Crippen LogP contribution in [0.4, 0.5) is 0 Å². The number of carbonyl (C=O) groups excluding carboxylic acids is 2. The number of amides is 2. The van der Waals surface area contributed by atoms with Crippen LogP contribution in [0, 0.1) is 11.8 Å². The number of carbonyl (C=O) groups is 2. The van der Waals surface area contributed by atoms with Crippen molar-refractivity contribution in [1.82, 2.24) is 10.2 Å². The number of imide groups is 1. The molecule has 1 aliphatic rings. The lowest BCUT2D eigenvalue weighted by molar-refractivity contribution is -0.136. The fourth-order valence-electron chi connectivity index (χ4n) is 1.98. The molecule has 1 aromatic carbocycles. The molecule has 0 bridgehead atoms. The van der Waals surface area contributed by atoms with Crippen LogP contribution in [0.2, 0.25) is 0 Å². The molecule has 2 rings (SSSR count). The van der Waals surface area contributed by atoms with E-state index in [-0.39, 0.29) is 24.9 Å². The summed E-state index contributed by atoms with van der Waals surface area (Å²) in [5.74, 6) is 5.29. The number of hydrogen-bond acceptors (Lipinski definition) is 4. The Morgan fingerprint density at radius 2 is 1.89 bits per heavy atom. The number of benzene rings is 1. The summed E-state index contributed by atoms with van der Waals surface area (Å²) >= 11 is 0. The predicted octanol–water partition coefficient (Wildman–Crippen LogP) is -0.545. The van der Waals surface area contributed by atoms with Gasteiger partial charge in [-0.25, -0.2) is 0 Å². The van der Waals surface area contributed by atoms with Gasteiger partial charge in [-0.2, -0.15) is 0 Å². The van der Waals surface area contributed by atoms with Gasteiger partial charge >= 0.3 is 0 Å². The first kappa shape index (κ1) is 13.3. The SMILES string of the molecule is NCC#Cc1ccccc1CN1CC(=O)NC(=O)C1. The van der Waals surface area contributed by atoms with Crippen LogP contribution in [-0.4, -0.2) is 36.3 Å². The Morgan fingerprint density at radius 1 is 1.21 bits per heavy atom. The third-order valence-corrected chi connectivity index (χ3v) is 2.75. The highest BCUT2D eigenvalue weighted by Crippen LogP contribution is 2.11. The molecular weight excluding hydrogens is 242 g/mol. The minimum absolute atomic E-state index is 0.227. The van der Waals surface area contributed by atoms with Crippen LogP contribution in [0.1, 0.15) is 11.1 Å². The number of nitrogens with two attached hydrogens (primary N) is 1. The molecule has 1 fully saturated rings. The number of nitrogens with one attached hydrogen (secondary N) is 1. The molecule has 1 aromatic rings. The van der Waals surface area contributed by atoms with E-state index < -0.39 is 0 Å². The van der Waals surface area contributed by atoms with Crippen LogP contribution in [0.15, 0.2) is 24.3 Å². The highest BCUT2D eigenvalue weighted by atomic mass is 16.2. The molecule has 0 aromatic heterocycles. The van der Waals surface area contributed by atoms with Crippen LogP contribution in [0.5, 0.6) is 0 Å². The van der Waals surface area contributed by atoms with E-state index >= 15 is 0 Å². The molecule has 1 heterocycles. The molecule has 0 aliphatic carbocycles. The van der Waals surface area contributed by atoms with Crippen LogP contribution >= 0.6 is 0 Å². The van der Waals surface area contributed by atoms with Crippen molar-refractivity contribution < 1.29 is 9.59 Å². The zero-order valence-electron chi connectivity index (χ0n) is 10.5. The Balaban J connectivity index is 2.14. The largest absolute Gasteiger partial charge is 0.320 e. The van der Waals surface area contributed by atoms with Gasteiger partial charge in [0.1, 0.15) is 0 Å². The fraction of sp³-hybridized carbons (Fsp3) is 0.286. The molecule has 98 valence electrons. The number of rotatable bonds is 2. The van der Waals surface area contributed by atoms with E-state index in [2.05, 4.69) is 17.2 Å². The molecule has 1 saturated heterocycles. The maximum absolute atomic E-state index is 11.3. The number of hydrogen-bond donors (Lipinski definition) is 2. The van der Waals surface area contributed by atoms with E-state index in [1.54, 1.807) is 4.90 Å². The molecular formula is C14H15N3O2. The summed E-state index contributed by atoms with van der Waals surface area (Å²) in [6.45, 7) is 1.28. The third-order valence-electron chi connectivity index (χ3n) is 2.75. The fourth-order valence-corrected chi connectivity index (χ4v) is 1.98. The van der Waals surface area contributed by atoms with Gasteiger partial charge in [0.15, 0.2) is 0 Å². The Morgan fingerprint density at radius 3 is 2.58 bits per heavy atom. The summed E-state index contributed by atoms with van der Waals surface area (Å²) in [6.07, 6.45) is 0. The van der Waals surface area contributed by atoms with E-state index in [0.29, 0.717) is 13.1 Å². The van der Waals surface area contributed by atoms with Gasteiger partial charge in [0.05, 0.1) is 19.6 Å². The molecule has 0 saturated carbocycles. The smallest absolute Gasteiger partial charge is 0.240 e. The van der Waals surface area contributed by atoms with Crippen LogP contribution in [0.3, 0.4) is 0 Å². The molecule has 19 heavy (non-hydrogen) atoms. The number of nitrogens with zero attached hydrogens (tertiary/aromatic N) is 1. The lowest BCUT2D eigenvalue weighted by Crippen LogP contribution is -2.50. The lowest BCUT2D eigenvalue weighted by Gasteiger charge is -2.25. The standard InChI is InChI=1S/C14H15N3O2/c15-7-3-6-11-4-1-2-5-12(11)8-17-9-13(18)16-14(19)10-17/h1-2,4-5H,7-10,15H2,(H,16,18,19). The average Bonchev–Trinajstić information content (AvgIpc) is 2.36. The Hall–Kier alpha value is -2.16. The van der Waals surface area contributed by atoms with Crippen LogP contribution < -0.4 is 11.1 Å². The van der Waals surface area contributed by atoms with Crippen molar-refractivity contribution in [3.63, 3.8) is 0 Å². The van der Waals surface area contributed by atoms with E-state index in [1.807, 2.05) is 24.3 Å². The lowest BCUT2D eigenvalue weighted by atomic mass is 10.1. The van der Waals surface area contributed by atoms with Crippen molar-refractivity contribution in [3.8, 4) is 11.8 Å². The monoisotopic (exact) mass is 257 g/mol. The number of piperazine rings is 1. The van der Waals surface area contributed by atoms with Crippen molar-refractivity contribution in [2.45, 2.75) is 6.54 Å². The normalized spacial score (nSPS) is 15.6. The first-order chi connectivity index (χ1) is 9.19. The minimum atomic E-state index is -0.262. The van der Waals surface area contributed by atoms with Gasteiger partial charge in [-0.1, -0.05) is 30.0 Å². The minimum Gasteiger partial charge on any atom is -0.320 e. The van der Waals surface area contributed by atoms with Crippen molar-refractivity contribution in [3.05, 3.63) is 35.4 Å². The molecule has 2 amide bonds. The summed E-state index contributed by atoms with van der Waals surface area (Å²) < 4.78 is 0. The second-order valence-electron chi connectivity index (χ2n) is 4.28. The molecule has 0 radical (unpaired) electrons.